The summed E-state index contributed by atoms with van der Waals surface area (Å²) >= 11 is 7.64. The highest BCUT2D eigenvalue weighted by molar-refractivity contribution is 8.00. The van der Waals surface area contributed by atoms with Crippen molar-refractivity contribution in [1.29, 1.82) is 0 Å². The maximum atomic E-state index is 14.4. The van der Waals surface area contributed by atoms with Crippen LogP contribution in [0.15, 0.2) is 23.4 Å². The highest BCUT2D eigenvalue weighted by Gasteiger charge is 2.55. The highest BCUT2D eigenvalue weighted by Crippen LogP contribution is 2.42. The Bertz CT molecular complexity index is 1910. The van der Waals surface area contributed by atoms with E-state index in [0.29, 0.717) is 11.3 Å². The number of hydrogen-bond acceptors (Lipinski definition) is 15. The Balaban J connectivity index is 1.84. The number of ether oxygens (including phenoxy) is 4. The monoisotopic (exact) mass is 822 g/mol. The van der Waals surface area contributed by atoms with Gasteiger partial charge in [0.2, 0.25) is 18.5 Å². The lowest BCUT2D eigenvalue weighted by Crippen LogP contribution is -2.70. The van der Waals surface area contributed by atoms with Crippen LogP contribution in [0.5, 0.6) is 11.5 Å². The number of fused-ring (bicyclic) bond motifs is 1. The zero-order chi connectivity index (χ0) is 41.8. The molecule has 0 bridgehead atoms. The standard InChI is InChI=1S/C34H39ClN6O14S/c1-8-39-9-10-40(30(49)29(39)48)33(51)37-23(18-11-21(52-15(2)43)22(12-20(18)35)53-16(3)44)26(46)38-27(54-17(4)45)19-13-56-31-24(36-14-42)28(47)41(31)25(19)32(50)55-34(5,6)7/h11-12,14,23-24,27,31H,8-10,13H2,1-7H3,(H,36,42)(H,37,51)(H,38,46)/t23?,24-,27?,31-/m1/s1. The van der Waals surface area contributed by atoms with Gasteiger partial charge in [-0.25, -0.2) is 9.59 Å². The predicted molar refractivity (Wildman–Crippen MR) is 192 cm³/mol. The van der Waals surface area contributed by atoms with Crippen LogP contribution in [0.4, 0.5) is 4.79 Å². The van der Waals surface area contributed by atoms with Crippen molar-refractivity contribution in [2.24, 2.45) is 0 Å². The fourth-order valence-electron chi connectivity index (χ4n) is 5.72. The number of urea groups is 1. The van der Waals surface area contributed by atoms with Crippen molar-refractivity contribution in [3.05, 3.63) is 34.0 Å². The number of nitrogens with one attached hydrogen (secondary N) is 3. The van der Waals surface area contributed by atoms with Gasteiger partial charge in [-0.1, -0.05) is 11.6 Å². The number of thioether (sulfide) groups is 1. The molecule has 0 spiro atoms. The van der Waals surface area contributed by atoms with E-state index in [4.69, 9.17) is 30.5 Å². The molecule has 2 unspecified atom stereocenters. The van der Waals surface area contributed by atoms with Gasteiger partial charge in [0.15, 0.2) is 11.5 Å². The van der Waals surface area contributed by atoms with Crippen LogP contribution in [0.25, 0.3) is 0 Å². The van der Waals surface area contributed by atoms with Crippen molar-refractivity contribution in [2.75, 3.05) is 25.4 Å². The summed E-state index contributed by atoms with van der Waals surface area (Å²) in [5.41, 5.74) is -1.91. The van der Waals surface area contributed by atoms with Gasteiger partial charge in [0.1, 0.15) is 28.8 Å². The van der Waals surface area contributed by atoms with E-state index < -0.39 is 88.6 Å². The number of nitrogens with zero attached hydrogens (tertiary/aromatic N) is 3. The van der Waals surface area contributed by atoms with Gasteiger partial charge in [0, 0.05) is 63.4 Å². The third-order valence-electron chi connectivity index (χ3n) is 8.06. The Hall–Kier alpha value is -5.70. The molecule has 4 rings (SSSR count). The van der Waals surface area contributed by atoms with Gasteiger partial charge in [-0.3, -0.25) is 48.2 Å². The minimum atomic E-state index is -1.96. The molecule has 0 radical (unpaired) electrons. The van der Waals surface area contributed by atoms with E-state index in [-0.39, 0.29) is 53.0 Å². The first kappa shape index (κ1) is 43.0. The van der Waals surface area contributed by atoms with Crippen molar-refractivity contribution in [2.45, 2.75) is 77.8 Å². The van der Waals surface area contributed by atoms with Crippen LogP contribution in [0.1, 0.15) is 60.1 Å². The zero-order valence-corrected chi connectivity index (χ0v) is 32.8. The van der Waals surface area contributed by atoms with Crippen molar-refractivity contribution in [1.82, 2.24) is 30.7 Å². The summed E-state index contributed by atoms with van der Waals surface area (Å²) in [5.74, 6) is -8.73. The quantitative estimate of drug-likeness (QED) is 0.0639. The van der Waals surface area contributed by atoms with Crippen LogP contribution < -0.4 is 25.4 Å². The van der Waals surface area contributed by atoms with Crippen molar-refractivity contribution >= 4 is 83.3 Å². The molecule has 1 aromatic rings. The molecule has 7 amide bonds. The van der Waals surface area contributed by atoms with E-state index in [9.17, 15) is 47.9 Å². The lowest BCUT2D eigenvalue weighted by molar-refractivity contribution is -0.159. The summed E-state index contributed by atoms with van der Waals surface area (Å²) < 4.78 is 21.3. The van der Waals surface area contributed by atoms with Gasteiger partial charge in [0.05, 0.1) is 5.02 Å². The number of hydrogen-bond donors (Lipinski definition) is 3. The predicted octanol–water partition coefficient (Wildman–Crippen LogP) is 0.263. The third kappa shape index (κ3) is 9.56. The molecular weight excluding hydrogens is 784 g/mol. The Morgan fingerprint density at radius 1 is 0.946 bits per heavy atom. The zero-order valence-electron chi connectivity index (χ0n) is 31.2. The van der Waals surface area contributed by atoms with Crippen molar-refractivity contribution in [3.63, 3.8) is 0 Å². The maximum Gasteiger partial charge on any atom is 0.355 e. The number of likely N-dealkylation sites (N-methyl/N-ethyl adjacent to an activating group) is 1. The molecule has 2 fully saturated rings. The van der Waals surface area contributed by atoms with E-state index in [0.717, 1.165) is 49.6 Å². The van der Waals surface area contributed by atoms with E-state index in [1.54, 1.807) is 27.7 Å². The van der Waals surface area contributed by atoms with Gasteiger partial charge in [-0.2, -0.15) is 0 Å². The molecule has 56 heavy (non-hydrogen) atoms. The topological polar surface area (TPSA) is 253 Å². The molecular formula is C34H39ClN6O14S. The number of rotatable bonds is 12. The fraction of sp³-hybridized carbons (Fsp3) is 0.471. The van der Waals surface area contributed by atoms with E-state index in [1.807, 2.05) is 0 Å². The molecule has 3 aliphatic heterocycles. The molecule has 3 heterocycles. The number of β-lactam (4-membered cyclic amide) rings is 1. The van der Waals surface area contributed by atoms with Gasteiger partial charge in [-0.05, 0) is 33.8 Å². The lowest BCUT2D eigenvalue weighted by Gasteiger charge is -2.50. The normalized spacial score (nSPS) is 19.1. The second kappa shape index (κ2) is 17.4. The Morgan fingerprint density at radius 2 is 1.57 bits per heavy atom. The molecule has 3 N–H and O–H groups in total. The number of carbonyl (C=O) groups excluding carboxylic acids is 10. The molecule has 4 atom stereocenters. The lowest BCUT2D eigenvalue weighted by atomic mass is 10.0. The number of benzene rings is 1. The maximum absolute atomic E-state index is 14.4. The van der Waals surface area contributed by atoms with Crippen LogP contribution in [-0.2, 0) is 52.6 Å². The minimum Gasteiger partial charge on any atom is -0.455 e. The number of piperazine rings is 1. The smallest absolute Gasteiger partial charge is 0.355 e. The highest BCUT2D eigenvalue weighted by atomic mass is 35.5. The summed E-state index contributed by atoms with van der Waals surface area (Å²) in [6.07, 6.45) is -1.50. The number of esters is 4. The fourth-order valence-corrected chi connectivity index (χ4v) is 7.36. The molecule has 2 saturated heterocycles. The van der Waals surface area contributed by atoms with E-state index in [1.165, 1.54) is 4.90 Å². The number of halogens is 1. The largest absolute Gasteiger partial charge is 0.455 e. The molecule has 0 aliphatic carbocycles. The Kier molecular flexibility index (Phi) is 13.4. The average Bonchev–Trinajstić information content (AvgIpc) is 3.09. The molecule has 22 heteroatoms. The van der Waals surface area contributed by atoms with E-state index in [2.05, 4.69) is 16.0 Å². The number of imide groups is 1. The van der Waals surface area contributed by atoms with Crippen LogP contribution in [0.3, 0.4) is 0 Å². The SMILES string of the molecule is CCN1CCN(C(=O)NC(C(=O)NC(OC(C)=O)C2=C(C(=O)OC(C)(C)C)N3C(=O)[C@@H](NC=O)[C@H]3SC2)c2cc(OC(C)=O)c(OC(C)=O)cc2Cl)C(=O)C1=O. The molecule has 1 aromatic carbocycles. The van der Waals surface area contributed by atoms with Gasteiger partial charge < -0.3 is 39.8 Å². The summed E-state index contributed by atoms with van der Waals surface area (Å²) in [6, 6.07) is -2.18. The molecule has 302 valence electrons. The number of amides is 7. The van der Waals surface area contributed by atoms with Crippen LogP contribution in [0, 0.1) is 0 Å². The van der Waals surface area contributed by atoms with Crippen LogP contribution in [0.2, 0.25) is 5.02 Å². The van der Waals surface area contributed by atoms with E-state index >= 15 is 0 Å². The Labute approximate surface area is 328 Å². The second-order valence-corrected chi connectivity index (χ2v) is 14.8. The second-order valence-electron chi connectivity index (χ2n) is 13.3. The molecule has 3 aliphatic rings. The minimum absolute atomic E-state index is 0.0208. The van der Waals surface area contributed by atoms with Gasteiger partial charge >= 0.3 is 41.7 Å². The molecule has 0 aromatic heterocycles. The third-order valence-corrected chi connectivity index (χ3v) is 9.69. The summed E-state index contributed by atoms with van der Waals surface area (Å²) in [7, 11) is 0. The van der Waals surface area contributed by atoms with Crippen LogP contribution in [-0.4, -0.2) is 123 Å². The first-order valence-corrected chi connectivity index (χ1v) is 18.3. The van der Waals surface area contributed by atoms with Gasteiger partial charge in [-0.15, -0.1) is 11.8 Å². The average molecular weight is 823 g/mol. The summed E-state index contributed by atoms with van der Waals surface area (Å²) in [5, 5.41) is 6.05. The summed E-state index contributed by atoms with van der Waals surface area (Å²) in [4.78, 5) is 131. The van der Waals surface area contributed by atoms with Crippen LogP contribution >= 0.6 is 23.4 Å². The first-order valence-electron chi connectivity index (χ1n) is 16.9. The Morgan fingerprint density at radius 3 is 2.12 bits per heavy atom. The summed E-state index contributed by atoms with van der Waals surface area (Å²) in [6.45, 7) is 9.31. The van der Waals surface area contributed by atoms with Crippen molar-refractivity contribution in [3.8, 4) is 11.5 Å². The number of carbonyl (C=O) groups is 10. The first-order chi connectivity index (χ1) is 26.2. The molecule has 0 saturated carbocycles. The molecule has 20 nitrogen and oxygen atoms in total. The van der Waals surface area contributed by atoms with Crippen molar-refractivity contribution < 1.29 is 66.9 Å². The van der Waals surface area contributed by atoms with Gasteiger partial charge in [0.25, 0.3) is 5.91 Å².